The van der Waals surface area contributed by atoms with E-state index < -0.39 is 0 Å². The average molecular weight is 321 g/mol. The van der Waals surface area contributed by atoms with Crippen LogP contribution < -0.4 is 5.32 Å². The second kappa shape index (κ2) is 6.23. The second-order valence-electron chi connectivity index (χ2n) is 6.76. The molecular weight excluding hydrogens is 298 g/mol. The fourth-order valence-corrected chi connectivity index (χ4v) is 3.45. The monoisotopic (exact) mass is 321 g/mol. The smallest absolute Gasteiger partial charge is 0.168 e. The van der Waals surface area contributed by atoms with E-state index in [1.54, 1.807) is 6.33 Å². The van der Waals surface area contributed by atoms with Gasteiger partial charge in [-0.15, -0.1) is 0 Å². The largest absolute Gasteiger partial charge is 0.367 e. The van der Waals surface area contributed by atoms with Gasteiger partial charge in [-0.3, -0.25) is 0 Å². The van der Waals surface area contributed by atoms with E-state index in [-0.39, 0.29) is 0 Å². The van der Waals surface area contributed by atoms with Crippen molar-refractivity contribution in [2.45, 2.75) is 52.0 Å². The van der Waals surface area contributed by atoms with Gasteiger partial charge in [0.2, 0.25) is 0 Å². The number of nitrogens with one attached hydrogen (secondary N) is 1. The molecule has 5 heteroatoms. The first-order valence-electron chi connectivity index (χ1n) is 8.75. The Balaban J connectivity index is 1.71. The lowest BCUT2D eigenvalue weighted by molar-refractivity contribution is 0.462. The molecule has 24 heavy (non-hydrogen) atoms. The molecule has 1 N–H and O–H groups in total. The first-order chi connectivity index (χ1) is 11.7. The summed E-state index contributed by atoms with van der Waals surface area (Å²) in [7, 11) is 0. The number of hydrogen-bond acceptors (Lipinski definition) is 4. The summed E-state index contributed by atoms with van der Waals surface area (Å²) in [4.78, 5) is 8.94. The topological polar surface area (TPSA) is 55.6 Å². The van der Waals surface area contributed by atoms with E-state index in [0.29, 0.717) is 6.04 Å². The Morgan fingerprint density at radius 3 is 2.67 bits per heavy atom. The maximum atomic E-state index is 4.56. The molecule has 0 atom stereocenters. The standard InChI is InChI=1S/C19H23N5/c1-13-8-9-16(10-14(13)2)24-19-17(11-22-24)18(20-12-21-19)23-15-6-4-3-5-7-15/h8-12,15H,3-7H2,1-2H3,(H,20,21,23). The fraction of sp³-hybridized carbons (Fsp3) is 0.421. The molecule has 2 aromatic heterocycles. The molecule has 0 unspecified atom stereocenters. The molecule has 1 fully saturated rings. The summed E-state index contributed by atoms with van der Waals surface area (Å²) in [6.07, 6.45) is 9.89. The lowest BCUT2D eigenvalue weighted by atomic mass is 9.95. The molecule has 2 heterocycles. The first-order valence-corrected chi connectivity index (χ1v) is 8.75. The van der Waals surface area contributed by atoms with Crippen LogP contribution in [0.5, 0.6) is 0 Å². The molecule has 4 rings (SSSR count). The number of rotatable bonds is 3. The Hall–Kier alpha value is -2.43. The van der Waals surface area contributed by atoms with Crippen LogP contribution >= 0.6 is 0 Å². The molecular formula is C19H23N5. The van der Waals surface area contributed by atoms with Gasteiger partial charge in [0, 0.05) is 6.04 Å². The summed E-state index contributed by atoms with van der Waals surface area (Å²) in [5.41, 5.74) is 4.43. The number of aryl methyl sites for hydroxylation is 2. The van der Waals surface area contributed by atoms with Crippen molar-refractivity contribution in [2.24, 2.45) is 0 Å². The zero-order valence-corrected chi connectivity index (χ0v) is 14.3. The van der Waals surface area contributed by atoms with E-state index in [0.717, 1.165) is 22.5 Å². The minimum Gasteiger partial charge on any atom is -0.367 e. The second-order valence-corrected chi connectivity index (χ2v) is 6.76. The van der Waals surface area contributed by atoms with Crippen molar-refractivity contribution in [1.82, 2.24) is 19.7 Å². The van der Waals surface area contributed by atoms with Gasteiger partial charge in [0.25, 0.3) is 0 Å². The van der Waals surface area contributed by atoms with Gasteiger partial charge in [-0.25, -0.2) is 14.6 Å². The van der Waals surface area contributed by atoms with E-state index in [1.807, 2.05) is 10.9 Å². The maximum absolute atomic E-state index is 4.56. The highest BCUT2D eigenvalue weighted by Gasteiger charge is 2.17. The third-order valence-corrected chi connectivity index (χ3v) is 5.05. The lowest BCUT2D eigenvalue weighted by Gasteiger charge is -2.23. The van der Waals surface area contributed by atoms with Gasteiger partial charge in [0.1, 0.15) is 12.1 Å². The highest BCUT2D eigenvalue weighted by Crippen LogP contribution is 2.26. The van der Waals surface area contributed by atoms with E-state index in [2.05, 4.69) is 52.4 Å². The number of benzene rings is 1. The summed E-state index contributed by atoms with van der Waals surface area (Å²) in [6.45, 7) is 4.24. The molecule has 0 spiro atoms. The van der Waals surface area contributed by atoms with Crippen LogP contribution in [0.25, 0.3) is 16.7 Å². The third kappa shape index (κ3) is 2.75. The summed E-state index contributed by atoms with van der Waals surface area (Å²) in [5.74, 6) is 0.905. The van der Waals surface area contributed by atoms with Crippen molar-refractivity contribution < 1.29 is 0 Å². The predicted octanol–water partition coefficient (Wildman–Crippen LogP) is 4.18. The van der Waals surface area contributed by atoms with Gasteiger partial charge in [-0.2, -0.15) is 5.10 Å². The molecule has 0 amide bonds. The highest BCUT2D eigenvalue weighted by atomic mass is 15.3. The van der Waals surface area contributed by atoms with Gasteiger partial charge in [-0.05, 0) is 49.9 Å². The summed E-state index contributed by atoms with van der Waals surface area (Å²) >= 11 is 0. The molecule has 3 aromatic rings. The van der Waals surface area contributed by atoms with Crippen LogP contribution in [0.2, 0.25) is 0 Å². The van der Waals surface area contributed by atoms with Crippen LogP contribution in [0, 0.1) is 13.8 Å². The molecule has 1 aliphatic rings. The van der Waals surface area contributed by atoms with Crippen molar-refractivity contribution in [1.29, 1.82) is 0 Å². The van der Waals surface area contributed by atoms with Gasteiger partial charge >= 0.3 is 0 Å². The average Bonchev–Trinajstić information content (AvgIpc) is 3.03. The number of aromatic nitrogens is 4. The SMILES string of the molecule is Cc1ccc(-n2ncc3c(NC4CCCCC4)ncnc32)cc1C. The Labute approximate surface area is 142 Å². The molecule has 0 saturated heterocycles. The molecule has 0 aliphatic heterocycles. The molecule has 0 radical (unpaired) electrons. The Morgan fingerprint density at radius 1 is 1.04 bits per heavy atom. The lowest BCUT2D eigenvalue weighted by Crippen LogP contribution is -2.22. The van der Waals surface area contributed by atoms with Crippen molar-refractivity contribution in [3.63, 3.8) is 0 Å². The molecule has 124 valence electrons. The van der Waals surface area contributed by atoms with E-state index in [1.165, 1.54) is 43.2 Å². The van der Waals surface area contributed by atoms with Crippen LogP contribution in [0.15, 0.2) is 30.7 Å². The van der Waals surface area contributed by atoms with E-state index >= 15 is 0 Å². The van der Waals surface area contributed by atoms with Crippen LogP contribution in [-0.2, 0) is 0 Å². The van der Waals surface area contributed by atoms with E-state index in [9.17, 15) is 0 Å². The van der Waals surface area contributed by atoms with Crippen LogP contribution in [0.4, 0.5) is 5.82 Å². The number of hydrogen-bond donors (Lipinski definition) is 1. The van der Waals surface area contributed by atoms with Crippen molar-refractivity contribution in [2.75, 3.05) is 5.32 Å². The molecule has 1 aromatic carbocycles. The minimum atomic E-state index is 0.516. The van der Waals surface area contributed by atoms with Crippen LogP contribution in [-0.4, -0.2) is 25.8 Å². The van der Waals surface area contributed by atoms with Crippen molar-refractivity contribution in [3.05, 3.63) is 41.9 Å². The molecule has 5 nitrogen and oxygen atoms in total. The number of anilines is 1. The number of fused-ring (bicyclic) bond motifs is 1. The highest BCUT2D eigenvalue weighted by molar-refractivity contribution is 5.87. The quantitative estimate of drug-likeness (QED) is 0.786. The number of nitrogens with zero attached hydrogens (tertiary/aromatic N) is 4. The fourth-order valence-electron chi connectivity index (χ4n) is 3.45. The van der Waals surface area contributed by atoms with E-state index in [4.69, 9.17) is 0 Å². The van der Waals surface area contributed by atoms with Gasteiger partial charge in [0.05, 0.1) is 17.3 Å². The maximum Gasteiger partial charge on any atom is 0.168 e. The summed E-state index contributed by atoms with van der Waals surface area (Å²) < 4.78 is 1.90. The van der Waals surface area contributed by atoms with Gasteiger partial charge < -0.3 is 5.32 Å². The minimum absolute atomic E-state index is 0.516. The summed E-state index contributed by atoms with van der Waals surface area (Å²) in [5, 5.41) is 9.16. The normalized spacial score (nSPS) is 15.8. The summed E-state index contributed by atoms with van der Waals surface area (Å²) in [6, 6.07) is 6.88. The zero-order valence-electron chi connectivity index (χ0n) is 14.3. The van der Waals surface area contributed by atoms with Crippen LogP contribution in [0.3, 0.4) is 0 Å². The van der Waals surface area contributed by atoms with Gasteiger partial charge in [0.15, 0.2) is 5.65 Å². The molecule has 1 saturated carbocycles. The Bertz CT molecular complexity index is 861. The predicted molar refractivity (Wildman–Crippen MR) is 96.6 cm³/mol. The van der Waals surface area contributed by atoms with Crippen molar-refractivity contribution in [3.8, 4) is 5.69 Å². The zero-order chi connectivity index (χ0) is 16.5. The molecule has 1 aliphatic carbocycles. The molecule has 0 bridgehead atoms. The Morgan fingerprint density at radius 2 is 1.88 bits per heavy atom. The van der Waals surface area contributed by atoms with Crippen molar-refractivity contribution >= 4 is 16.9 Å². The van der Waals surface area contributed by atoms with Gasteiger partial charge in [-0.1, -0.05) is 25.3 Å². The Kier molecular flexibility index (Phi) is 3.92. The third-order valence-electron chi connectivity index (χ3n) is 5.05. The first kappa shape index (κ1) is 15.1. The van der Waals surface area contributed by atoms with Crippen LogP contribution in [0.1, 0.15) is 43.2 Å².